The predicted octanol–water partition coefficient (Wildman–Crippen LogP) is 0.954. The lowest BCUT2D eigenvalue weighted by Crippen LogP contribution is -2.61. The van der Waals surface area contributed by atoms with Gasteiger partial charge in [-0.15, -0.1) is 0 Å². The van der Waals surface area contributed by atoms with Gasteiger partial charge in [-0.05, 0) is 44.3 Å². The molecule has 7 nitrogen and oxygen atoms in total. The van der Waals surface area contributed by atoms with E-state index in [4.69, 9.17) is 5.41 Å². The van der Waals surface area contributed by atoms with Gasteiger partial charge in [0.05, 0.1) is 24.4 Å². The average molecular weight is 333 g/mol. The van der Waals surface area contributed by atoms with Crippen molar-refractivity contribution in [1.29, 1.82) is 5.41 Å². The van der Waals surface area contributed by atoms with Crippen LogP contribution in [0.5, 0.6) is 0 Å². The highest BCUT2D eigenvalue weighted by atomic mass is 16.4. The van der Waals surface area contributed by atoms with Crippen LogP contribution in [-0.4, -0.2) is 63.0 Å². The first kappa shape index (κ1) is 16.7. The second-order valence-electron chi connectivity index (χ2n) is 6.80. The quantitative estimate of drug-likeness (QED) is 0.395. The zero-order valence-corrected chi connectivity index (χ0v) is 13.9. The molecule has 3 heterocycles. The van der Waals surface area contributed by atoms with Crippen molar-refractivity contribution in [1.82, 2.24) is 9.80 Å². The minimum Gasteiger partial charge on any atom is -0.477 e. The first-order valence-corrected chi connectivity index (χ1v) is 8.29. The van der Waals surface area contributed by atoms with Crippen molar-refractivity contribution in [2.45, 2.75) is 51.3 Å². The SMILES string of the molecule is C/C(=C\[C@@H]1CCCN1C=N)C1=C(C(=O)O)N2C(=O)[C@H]([C@@H](C)O)[C@H]2C1. The standard InChI is InChI=1S/C17H23N3O4/c1-9(6-11-4-3-5-19(11)8-18)12-7-13-14(10(2)21)16(22)20(13)15(12)17(23)24/h6,8,10-11,13-14,18,21H,3-5,7H2,1-2H3,(H,23,24)/b9-6+,18-8?/t10-,11+,13-,14-/m1/s1. The van der Waals surface area contributed by atoms with Gasteiger partial charge in [0.15, 0.2) is 0 Å². The van der Waals surface area contributed by atoms with Crippen LogP contribution < -0.4 is 0 Å². The average Bonchev–Trinajstić information content (AvgIpc) is 3.08. The number of hydrogen-bond donors (Lipinski definition) is 3. The number of carbonyl (C=O) groups excluding carboxylic acids is 1. The lowest BCUT2D eigenvalue weighted by molar-refractivity contribution is -0.161. The van der Waals surface area contributed by atoms with E-state index in [-0.39, 0.29) is 23.7 Å². The lowest BCUT2D eigenvalue weighted by atomic mass is 9.82. The van der Waals surface area contributed by atoms with Crippen molar-refractivity contribution in [2.75, 3.05) is 6.54 Å². The summed E-state index contributed by atoms with van der Waals surface area (Å²) in [7, 11) is 0. The van der Waals surface area contributed by atoms with E-state index in [2.05, 4.69) is 0 Å². The van der Waals surface area contributed by atoms with Crippen LogP contribution in [0.4, 0.5) is 0 Å². The normalized spacial score (nSPS) is 31.2. The monoisotopic (exact) mass is 333 g/mol. The van der Waals surface area contributed by atoms with Gasteiger partial charge in [-0.3, -0.25) is 10.2 Å². The van der Waals surface area contributed by atoms with E-state index in [1.165, 1.54) is 11.2 Å². The molecular weight excluding hydrogens is 310 g/mol. The maximum absolute atomic E-state index is 12.2. The molecule has 2 saturated heterocycles. The van der Waals surface area contributed by atoms with Gasteiger partial charge in [-0.1, -0.05) is 6.08 Å². The Bertz CT molecular complexity index is 652. The summed E-state index contributed by atoms with van der Waals surface area (Å²) in [6.45, 7) is 4.27. The summed E-state index contributed by atoms with van der Waals surface area (Å²) in [6, 6.07) is -0.161. The van der Waals surface area contributed by atoms with E-state index in [1.54, 1.807) is 6.92 Å². The molecule has 3 N–H and O–H groups in total. The van der Waals surface area contributed by atoms with Crippen LogP contribution in [-0.2, 0) is 9.59 Å². The van der Waals surface area contributed by atoms with Crippen LogP contribution in [0, 0.1) is 11.3 Å². The molecule has 1 amide bonds. The van der Waals surface area contributed by atoms with Crippen molar-refractivity contribution in [3.63, 3.8) is 0 Å². The van der Waals surface area contributed by atoms with Gasteiger partial charge in [-0.25, -0.2) is 4.79 Å². The van der Waals surface area contributed by atoms with Crippen LogP contribution >= 0.6 is 0 Å². The first-order valence-electron chi connectivity index (χ1n) is 8.29. The van der Waals surface area contributed by atoms with Gasteiger partial charge in [0.25, 0.3) is 0 Å². The van der Waals surface area contributed by atoms with E-state index in [0.29, 0.717) is 12.0 Å². The number of rotatable bonds is 5. The van der Waals surface area contributed by atoms with Crippen LogP contribution in [0.3, 0.4) is 0 Å². The van der Waals surface area contributed by atoms with Crippen molar-refractivity contribution in [3.05, 3.63) is 22.9 Å². The molecule has 0 aromatic heterocycles. The van der Waals surface area contributed by atoms with Crippen molar-refractivity contribution in [2.24, 2.45) is 5.92 Å². The molecule has 0 aromatic rings. The highest BCUT2D eigenvalue weighted by molar-refractivity contribution is 6.00. The predicted molar refractivity (Wildman–Crippen MR) is 87.4 cm³/mol. The van der Waals surface area contributed by atoms with Crippen LogP contribution in [0.2, 0.25) is 0 Å². The summed E-state index contributed by atoms with van der Waals surface area (Å²) >= 11 is 0. The van der Waals surface area contributed by atoms with Gasteiger partial charge in [0.2, 0.25) is 5.91 Å². The molecule has 0 bridgehead atoms. The number of allylic oxidation sites excluding steroid dienone is 1. The molecule has 3 rings (SSSR count). The molecule has 0 aromatic carbocycles. The molecule has 7 heteroatoms. The first-order chi connectivity index (χ1) is 11.4. The molecule has 4 atom stereocenters. The summed E-state index contributed by atoms with van der Waals surface area (Å²) in [4.78, 5) is 27.2. The van der Waals surface area contributed by atoms with Crippen LogP contribution in [0.25, 0.3) is 0 Å². The van der Waals surface area contributed by atoms with Crippen molar-refractivity contribution >= 4 is 18.2 Å². The molecule has 0 spiro atoms. The molecular formula is C17H23N3O4. The number of amides is 1. The number of aliphatic hydroxyl groups is 1. The number of aliphatic carboxylic acids is 1. The Morgan fingerprint density at radius 1 is 1.46 bits per heavy atom. The minimum atomic E-state index is -1.10. The van der Waals surface area contributed by atoms with Crippen molar-refractivity contribution in [3.8, 4) is 0 Å². The lowest BCUT2D eigenvalue weighted by Gasteiger charge is -2.44. The molecule has 0 saturated carbocycles. The van der Waals surface area contributed by atoms with E-state index < -0.39 is 18.0 Å². The number of nitrogens with zero attached hydrogens (tertiary/aromatic N) is 2. The summed E-state index contributed by atoms with van der Waals surface area (Å²) in [6.07, 6.45) is 4.95. The molecule has 0 aliphatic carbocycles. The van der Waals surface area contributed by atoms with Gasteiger partial charge < -0.3 is 20.0 Å². The number of aliphatic hydroxyl groups excluding tert-OH is 1. The second-order valence-corrected chi connectivity index (χ2v) is 6.80. The zero-order chi connectivity index (χ0) is 17.6. The summed E-state index contributed by atoms with van der Waals surface area (Å²) in [5.74, 6) is -1.93. The van der Waals surface area contributed by atoms with Gasteiger partial charge in [-0.2, -0.15) is 0 Å². The third-order valence-corrected chi connectivity index (χ3v) is 5.36. The smallest absolute Gasteiger partial charge is 0.352 e. The molecule has 0 radical (unpaired) electrons. The number of likely N-dealkylation sites (tertiary alicyclic amines) is 1. The minimum absolute atomic E-state index is 0.0510. The van der Waals surface area contributed by atoms with Gasteiger partial charge in [0.1, 0.15) is 5.70 Å². The maximum Gasteiger partial charge on any atom is 0.352 e. The van der Waals surface area contributed by atoms with E-state index in [0.717, 1.165) is 25.0 Å². The van der Waals surface area contributed by atoms with Gasteiger partial charge >= 0.3 is 5.97 Å². The fraction of sp³-hybridized carbons (Fsp3) is 0.588. The van der Waals surface area contributed by atoms with E-state index >= 15 is 0 Å². The Labute approximate surface area is 140 Å². The van der Waals surface area contributed by atoms with Crippen LogP contribution in [0.1, 0.15) is 33.1 Å². The van der Waals surface area contributed by atoms with Gasteiger partial charge in [0, 0.05) is 12.6 Å². The van der Waals surface area contributed by atoms with E-state index in [1.807, 2.05) is 17.9 Å². The van der Waals surface area contributed by atoms with E-state index in [9.17, 15) is 19.8 Å². The Balaban J connectivity index is 1.90. The molecule has 0 unspecified atom stereocenters. The fourth-order valence-electron chi connectivity index (χ4n) is 4.16. The highest BCUT2D eigenvalue weighted by Gasteiger charge is 2.56. The Hall–Kier alpha value is -2.15. The zero-order valence-electron chi connectivity index (χ0n) is 13.9. The Morgan fingerprint density at radius 3 is 2.75 bits per heavy atom. The number of β-lactam (4-membered cyclic amide) rings is 1. The third-order valence-electron chi connectivity index (χ3n) is 5.36. The number of carboxylic acids is 1. The fourth-order valence-corrected chi connectivity index (χ4v) is 4.16. The largest absolute Gasteiger partial charge is 0.477 e. The third kappa shape index (κ3) is 2.43. The summed E-state index contributed by atoms with van der Waals surface area (Å²) in [5.41, 5.74) is 1.56. The molecule has 130 valence electrons. The number of nitrogens with one attached hydrogen (secondary N) is 1. The Morgan fingerprint density at radius 2 is 2.17 bits per heavy atom. The Kier molecular flexibility index (Phi) is 4.21. The molecule has 24 heavy (non-hydrogen) atoms. The molecule has 2 fully saturated rings. The number of fused-ring (bicyclic) bond motifs is 1. The second kappa shape index (κ2) is 6.05. The summed E-state index contributed by atoms with van der Waals surface area (Å²) in [5, 5.41) is 26.8. The maximum atomic E-state index is 12.2. The molecule has 3 aliphatic heterocycles. The topological polar surface area (TPSA) is 105 Å². The van der Waals surface area contributed by atoms with Crippen LogP contribution in [0.15, 0.2) is 22.9 Å². The number of carboxylic acid groups (broad SMARTS) is 1. The highest BCUT2D eigenvalue weighted by Crippen LogP contribution is 2.45. The van der Waals surface area contributed by atoms with Crippen molar-refractivity contribution < 1.29 is 19.8 Å². The summed E-state index contributed by atoms with van der Waals surface area (Å²) < 4.78 is 0. The molecule has 3 aliphatic rings. The number of hydrogen-bond acceptors (Lipinski definition) is 4. The number of carbonyl (C=O) groups is 2.